The summed E-state index contributed by atoms with van der Waals surface area (Å²) in [5.41, 5.74) is 4.65. The zero-order valence-electron chi connectivity index (χ0n) is 33.2. The van der Waals surface area contributed by atoms with Crippen LogP contribution in [0.15, 0.2) is 126 Å². The maximum atomic E-state index is 15.4. The quantitative estimate of drug-likeness (QED) is 0.107. The number of methoxy groups -OCH3 is 1. The fraction of sp³-hybridized carbons (Fsp3) is 0.298. The van der Waals surface area contributed by atoms with Crippen LogP contribution in [0.25, 0.3) is 0 Å². The van der Waals surface area contributed by atoms with Crippen molar-refractivity contribution in [3.8, 4) is 5.75 Å². The van der Waals surface area contributed by atoms with Crippen LogP contribution in [0, 0.1) is 5.92 Å². The zero-order chi connectivity index (χ0) is 40.8. The molecular weight excluding hydrogens is 811 g/mol. The molecule has 3 heterocycles. The topological polar surface area (TPSA) is 99.6 Å². The summed E-state index contributed by atoms with van der Waals surface area (Å²) in [6.07, 6.45) is 0.877. The van der Waals surface area contributed by atoms with Crippen molar-refractivity contribution in [2.75, 3.05) is 23.5 Å². The molecule has 3 amide bonds. The molecule has 0 unspecified atom stereocenters. The molecule has 1 spiro atoms. The number of anilines is 3. The predicted octanol–water partition coefficient (Wildman–Crippen LogP) is 7.85. The maximum Gasteiger partial charge on any atom is 0.264 e. The van der Waals surface area contributed by atoms with Crippen molar-refractivity contribution in [1.82, 2.24) is 4.90 Å². The predicted molar refractivity (Wildman–Crippen MR) is 232 cm³/mol. The van der Waals surface area contributed by atoms with E-state index in [4.69, 9.17) is 9.47 Å². The number of carbonyl (C=O) groups is 3. The van der Waals surface area contributed by atoms with Crippen molar-refractivity contribution in [3.05, 3.63) is 148 Å². The summed E-state index contributed by atoms with van der Waals surface area (Å²) in [6.45, 7) is 7.30. The van der Waals surface area contributed by atoms with Gasteiger partial charge in [0.15, 0.2) is 5.60 Å². The number of rotatable bonds is 11. The van der Waals surface area contributed by atoms with E-state index in [1.165, 1.54) is 5.19 Å². The number of halogens is 1. The number of carbonyl (C=O) groups excluding carboxylic acids is 3. The highest BCUT2D eigenvalue weighted by atomic mass is 79.9. The molecule has 3 aliphatic rings. The number of benzene rings is 5. The Balaban J connectivity index is 1.16. The Kier molecular flexibility index (Phi) is 10.9. The minimum atomic E-state index is -2.53. The van der Waals surface area contributed by atoms with Gasteiger partial charge in [-0.05, 0) is 83.2 Å². The molecule has 1 fully saturated rings. The maximum absolute atomic E-state index is 15.4. The van der Waals surface area contributed by atoms with Gasteiger partial charge in [0.2, 0.25) is 12.3 Å². The highest BCUT2D eigenvalue weighted by Gasteiger charge is 2.66. The summed E-state index contributed by atoms with van der Waals surface area (Å²) in [7, 11) is -0.874. The lowest BCUT2D eigenvalue weighted by molar-refractivity contribution is -0.151. The van der Waals surface area contributed by atoms with Crippen LogP contribution >= 0.6 is 15.9 Å². The Morgan fingerprint density at radius 1 is 0.948 bits per heavy atom. The fourth-order valence-electron chi connectivity index (χ4n) is 9.78. The number of hydrogen-bond donors (Lipinski definition) is 1. The average molecular weight is 859 g/mol. The number of aliphatic hydroxyl groups is 1. The first-order chi connectivity index (χ1) is 28.0. The Morgan fingerprint density at radius 3 is 2.29 bits per heavy atom. The standard InChI is InChI=1S/C47H48BrN3O6Si/c1-31-45(58(3,4)40-21-19-39(56-2)20-22-40)43(26-44(54)49-28-34-11-9-8-10-33(34)24-38(49)29-52)57-47(31)41-25-35(48)16-23-42(41)50(46(47)55)27-32-14-17-37(18-15-32)51(30-53)36-12-6-5-7-13-36/h5-23,25,30-31,38,43,45,52H,24,26-29H2,1-4H3/t31-,38+,43+,45-,47+/m1/s1. The summed E-state index contributed by atoms with van der Waals surface area (Å²) in [5, 5.41) is 11.7. The van der Waals surface area contributed by atoms with Crippen LogP contribution in [0.5, 0.6) is 5.75 Å². The van der Waals surface area contributed by atoms with Crippen LogP contribution in [-0.4, -0.2) is 62.2 Å². The number of amides is 3. The average Bonchev–Trinajstić information content (AvgIpc) is 3.66. The minimum absolute atomic E-state index is 0.0781. The minimum Gasteiger partial charge on any atom is -0.497 e. The van der Waals surface area contributed by atoms with E-state index in [1.807, 2.05) is 108 Å². The van der Waals surface area contributed by atoms with Gasteiger partial charge in [-0.25, -0.2) is 0 Å². The second-order valence-corrected chi connectivity index (χ2v) is 21.8. The molecule has 9 nitrogen and oxygen atoms in total. The summed E-state index contributed by atoms with van der Waals surface area (Å²) in [6, 6.07) is 39.0. The van der Waals surface area contributed by atoms with Crippen molar-refractivity contribution >= 4 is 64.5 Å². The molecule has 1 N–H and O–H groups in total. The normalized spacial score (nSPS) is 22.5. The Labute approximate surface area is 349 Å². The monoisotopic (exact) mass is 857 g/mol. The molecule has 5 aromatic rings. The van der Waals surface area contributed by atoms with Crippen LogP contribution in [0.2, 0.25) is 18.6 Å². The van der Waals surface area contributed by atoms with Crippen molar-refractivity contribution in [2.45, 2.75) is 69.2 Å². The van der Waals surface area contributed by atoms with Crippen LogP contribution in [0.1, 0.15) is 35.6 Å². The van der Waals surface area contributed by atoms with Gasteiger partial charge in [-0.15, -0.1) is 0 Å². The number of aliphatic hydroxyl groups excluding tert-OH is 1. The molecule has 5 atom stereocenters. The second kappa shape index (κ2) is 15.9. The lowest BCUT2D eigenvalue weighted by Gasteiger charge is -2.39. The van der Waals surface area contributed by atoms with Crippen LogP contribution < -0.4 is 19.7 Å². The van der Waals surface area contributed by atoms with Crippen LogP contribution in [0.4, 0.5) is 17.1 Å². The lowest BCUT2D eigenvalue weighted by atomic mass is 9.82. The summed E-state index contributed by atoms with van der Waals surface area (Å²) >= 11 is 3.70. The molecule has 5 aromatic carbocycles. The van der Waals surface area contributed by atoms with E-state index in [2.05, 4.69) is 54.1 Å². The van der Waals surface area contributed by atoms with Gasteiger partial charge < -0.3 is 24.4 Å². The van der Waals surface area contributed by atoms with Crippen LogP contribution in [-0.2, 0) is 44.2 Å². The van der Waals surface area contributed by atoms with E-state index < -0.39 is 19.8 Å². The van der Waals surface area contributed by atoms with E-state index in [-0.39, 0.29) is 48.9 Å². The van der Waals surface area contributed by atoms with E-state index in [9.17, 15) is 14.7 Å². The highest BCUT2D eigenvalue weighted by molar-refractivity contribution is 9.10. The molecule has 298 valence electrons. The van der Waals surface area contributed by atoms with Crippen molar-refractivity contribution in [2.24, 2.45) is 5.92 Å². The molecule has 3 aliphatic heterocycles. The molecule has 0 bridgehead atoms. The van der Waals surface area contributed by atoms with Gasteiger partial charge >= 0.3 is 0 Å². The number of para-hydroxylation sites is 1. The first kappa shape index (κ1) is 39.7. The van der Waals surface area contributed by atoms with Gasteiger partial charge in [0.05, 0.1) is 52.6 Å². The second-order valence-electron chi connectivity index (χ2n) is 16.2. The van der Waals surface area contributed by atoms with Gasteiger partial charge in [-0.3, -0.25) is 19.3 Å². The van der Waals surface area contributed by atoms with Crippen molar-refractivity contribution < 1.29 is 29.0 Å². The zero-order valence-corrected chi connectivity index (χ0v) is 35.8. The van der Waals surface area contributed by atoms with Gasteiger partial charge in [0.25, 0.3) is 5.91 Å². The number of fused-ring (bicyclic) bond motifs is 3. The van der Waals surface area contributed by atoms with Crippen LogP contribution in [0.3, 0.4) is 0 Å². The first-order valence-corrected chi connectivity index (χ1v) is 23.7. The molecule has 8 rings (SSSR count). The van der Waals surface area contributed by atoms with Gasteiger partial charge in [-0.2, -0.15) is 0 Å². The number of nitrogens with zero attached hydrogens (tertiary/aromatic N) is 3. The Hall–Kier alpha value is -5.07. The Bertz CT molecular complexity index is 2320. The molecule has 0 radical (unpaired) electrons. The van der Waals surface area contributed by atoms with Gasteiger partial charge in [0, 0.05) is 33.9 Å². The summed E-state index contributed by atoms with van der Waals surface area (Å²) in [5.74, 6) is 0.213. The Morgan fingerprint density at radius 2 is 1.62 bits per heavy atom. The lowest BCUT2D eigenvalue weighted by Crippen LogP contribution is -2.52. The third kappa shape index (κ3) is 6.87. The molecule has 0 aromatic heterocycles. The molecular formula is C47H48BrN3O6Si. The highest BCUT2D eigenvalue weighted by Crippen LogP contribution is 2.60. The SMILES string of the molecule is COc1ccc([Si](C)(C)[C@H]2[C@H](CC(=O)N3Cc4ccccc4C[C@H]3CO)O[C@@]3(C(=O)N(Cc4ccc(N(C=O)c5ccccc5)cc4)c4ccc(Br)cc43)[C@@H]2C)cc1. The third-order valence-electron chi connectivity index (χ3n) is 12.8. The molecule has 58 heavy (non-hydrogen) atoms. The smallest absolute Gasteiger partial charge is 0.264 e. The fourth-order valence-corrected chi connectivity index (χ4v) is 14.2. The summed E-state index contributed by atoms with van der Waals surface area (Å²) in [4.78, 5) is 47.4. The van der Waals surface area contributed by atoms with Gasteiger partial charge in [0.1, 0.15) is 5.75 Å². The van der Waals surface area contributed by atoms with E-state index in [1.54, 1.807) is 16.9 Å². The van der Waals surface area contributed by atoms with E-state index >= 15 is 4.79 Å². The molecule has 0 saturated carbocycles. The molecule has 11 heteroatoms. The van der Waals surface area contributed by atoms with Gasteiger partial charge in [-0.1, -0.05) is 108 Å². The number of ether oxygens (including phenoxy) is 2. The van der Waals surface area contributed by atoms with Crippen molar-refractivity contribution in [3.63, 3.8) is 0 Å². The van der Waals surface area contributed by atoms with E-state index in [0.29, 0.717) is 18.7 Å². The summed E-state index contributed by atoms with van der Waals surface area (Å²) < 4.78 is 13.6. The molecule has 1 saturated heterocycles. The molecule has 0 aliphatic carbocycles. The third-order valence-corrected chi connectivity index (χ3v) is 17.6. The first-order valence-electron chi connectivity index (χ1n) is 19.8. The largest absolute Gasteiger partial charge is 0.497 e. The van der Waals surface area contributed by atoms with Crippen molar-refractivity contribution in [1.29, 1.82) is 0 Å². The van der Waals surface area contributed by atoms with E-state index in [0.717, 1.165) is 50.3 Å². The number of hydrogen-bond acceptors (Lipinski definition) is 6.